The van der Waals surface area contributed by atoms with Crippen molar-refractivity contribution in [1.29, 1.82) is 0 Å². The molecule has 0 radical (unpaired) electrons. The van der Waals surface area contributed by atoms with Crippen molar-refractivity contribution >= 4 is 11.8 Å². The molecule has 1 N–H and O–H groups in total. The third-order valence-corrected chi connectivity index (χ3v) is 3.98. The van der Waals surface area contributed by atoms with Gasteiger partial charge in [0.05, 0.1) is 11.4 Å². The Kier molecular flexibility index (Phi) is 4.84. The van der Waals surface area contributed by atoms with Crippen molar-refractivity contribution in [2.24, 2.45) is 0 Å². The van der Waals surface area contributed by atoms with Crippen molar-refractivity contribution in [3.05, 3.63) is 48.3 Å². The molecule has 3 nitrogen and oxygen atoms in total. The minimum absolute atomic E-state index is 0.257. The fourth-order valence-corrected chi connectivity index (χ4v) is 2.54. The summed E-state index contributed by atoms with van der Waals surface area (Å²) in [6.45, 7) is 2.39. The van der Waals surface area contributed by atoms with Crippen LogP contribution in [0.2, 0.25) is 0 Å². The number of aliphatic hydroxyl groups excluding tert-OH is 1. The second-order valence-electron chi connectivity index (χ2n) is 4.22. The van der Waals surface area contributed by atoms with E-state index >= 15 is 0 Å². The zero-order chi connectivity index (χ0) is 12.8. The molecule has 0 amide bonds. The Morgan fingerprint density at radius 2 is 2.06 bits per heavy atom. The lowest BCUT2D eigenvalue weighted by molar-refractivity contribution is 0.289. The minimum Gasteiger partial charge on any atom is -0.396 e. The maximum atomic E-state index is 8.85. The largest absolute Gasteiger partial charge is 0.396 e. The van der Waals surface area contributed by atoms with E-state index in [0.717, 1.165) is 23.6 Å². The molecule has 1 aromatic heterocycles. The van der Waals surface area contributed by atoms with Crippen LogP contribution in [0.15, 0.2) is 42.6 Å². The fraction of sp³-hybridized carbons (Fsp3) is 0.357. The van der Waals surface area contributed by atoms with Crippen LogP contribution in [0.5, 0.6) is 0 Å². The van der Waals surface area contributed by atoms with Crippen molar-refractivity contribution < 1.29 is 5.11 Å². The first-order valence-electron chi connectivity index (χ1n) is 6.12. The van der Waals surface area contributed by atoms with E-state index in [0.29, 0.717) is 5.25 Å². The van der Waals surface area contributed by atoms with Crippen LogP contribution < -0.4 is 0 Å². The maximum absolute atomic E-state index is 8.85. The number of thioether (sulfide) groups is 1. The first-order valence-corrected chi connectivity index (χ1v) is 7.17. The number of nitrogens with zero attached hydrogens (tertiary/aromatic N) is 2. The smallest absolute Gasteiger partial charge is 0.0728 e. The minimum atomic E-state index is 0.257. The van der Waals surface area contributed by atoms with Gasteiger partial charge in [0.15, 0.2) is 0 Å². The molecule has 1 atom stereocenters. The Balaban J connectivity index is 1.95. The number of aromatic nitrogens is 2. The van der Waals surface area contributed by atoms with Crippen LogP contribution in [0.4, 0.5) is 0 Å². The molecule has 0 saturated carbocycles. The molecule has 2 aromatic rings. The average Bonchev–Trinajstić information content (AvgIpc) is 2.87. The van der Waals surface area contributed by atoms with Crippen molar-refractivity contribution in [3.8, 4) is 5.69 Å². The van der Waals surface area contributed by atoms with E-state index in [4.69, 9.17) is 5.11 Å². The van der Waals surface area contributed by atoms with Crippen LogP contribution >= 0.6 is 11.8 Å². The standard InChI is InChI=1S/C14H18N2OS/c1-12(8-10-17)18-11-13-7-9-16(15-13)14-5-3-2-4-6-14/h2-7,9,12,17H,8,10-11H2,1H3. The summed E-state index contributed by atoms with van der Waals surface area (Å²) in [5.41, 5.74) is 2.16. The quantitative estimate of drug-likeness (QED) is 0.870. The SMILES string of the molecule is CC(CCO)SCc1ccn(-c2ccccc2)n1. The van der Waals surface area contributed by atoms with Gasteiger partial charge in [0.2, 0.25) is 0 Å². The van der Waals surface area contributed by atoms with Crippen molar-refractivity contribution in [3.63, 3.8) is 0 Å². The van der Waals surface area contributed by atoms with E-state index in [1.54, 1.807) is 0 Å². The molecule has 0 spiro atoms. The molecule has 2 rings (SSSR count). The fourth-order valence-electron chi connectivity index (χ4n) is 1.66. The number of para-hydroxylation sites is 1. The predicted molar refractivity (Wildman–Crippen MR) is 76.0 cm³/mol. The second-order valence-corrected chi connectivity index (χ2v) is 5.65. The van der Waals surface area contributed by atoms with Crippen molar-refractivity contribution in [2.45, 2.75) is 24.3 Å². The number of aliphatic hydroxyl groups is 1. The van der Waals surface area contributed by atoms with Crippen molar-refractivity contribution in [1.82, 2.24) is 9.78 Å². The van der Waals surface area contributed by atoms with Crippen LogP contribution in [0.25, 0.3) is 5.69 Å². The van der Waals surface area contributed by atoms with E-state index < -0.39 is 0 Å². The molecule has 0 fully saturated rings. The summed E-state index contributed by atoms with van der Waals surface area (Å²) in [4.78, 5) is 0. The van der Waals surface area contributed by atoms with E-state index in [1.165, 1.54) is 0 Å². The number of hydrogen-bond acceptors (Lipinski definition) is 3. The molecule has 18 heavy (non-hydrogen) atoms. The monoisotopic (exact) mass is 262 g/mol. The van der Waals surface area contributed by atoms with Gasteiger partial charge in [-0.25, -0.2) is 4.68 Å². The topological polar surface area (TPSA) is 38.0 Å². The van der Waals surface area contributed by atoms with Gasteiger partial charge >= 0.3 is 0 Å². The highest BCUT2D eigenvalue weighted by Gasteiger charge is 2.05. The first-order chi connectivity index (χ1) is 8.79. The molecular weight excluding hydrogens is 244 g/mol. The van der Waals surface area contributed by atoms with Gasteiger partial charge in [-0.05, 0) is 24.6 Å². The van der Waals surface area contributed by atoms with Gasteiger partial charge in [0, 0.05) is 23.8 Å². The molecule has 0 aliphatic carbocycles. The normalized spacial score (nSPS) is 12.6. The van der Waals surface area contributed by atoms with Crippen LogP contribution in [0.3, 0.4) is 0 Å². The summed E-state index contributed by atoms with van der Waals surface area (Å²) in [7, 11) is 0. The van der Waals surface area contributed by atoms with E-state index in [1.807, 2.05) is 59.0 Å². The third-order valence-electron chi connectivity index (χ3n) is 2.72. The summed E-state index contributed by atoms with van der Waals surface area (Å²) in [5, 5.41) is 13.9. The number of hydrogen-bond donors (Lipinski definition) is 1. The number of benzene rings is 1. The molecule has 0 saturated heterocycles. The van der Waals surface area contributed by atoms with Crippen LogP contribution in [-0.2, 0) is 5.75 Å². The van der Waals surface area contributed by atoms with Gasteiger partial charge in [0.1, 0.15) is 0 Å². The van der Waals surface area contributed by atoms with Gasteiger partial charge < -0.3 is 5.11 Å². The summed E-state index contributed by atoms with van der Waals surface area (Å²) >= 11 is 1.83. The van der Waals surface area contributed by atoms with E-state index in [2.05, 4.69) is 12.0 Å². The van der Waals surface area contributed by atoms with Gasteiger partial charge in [-0.1, -0.05) is 25.1 Å². The summed E-state index contributed by atoms with van der Waals surface area (Å²) in [5.74, 6) is 0.890. The average molecular weight is 262 g/mol. The van der Waals surface area contributed by atoms with E-state index in [9.17, 15) is 0 Å². The Morgan fingerprint density at radius 1 is 1.28 bits per heavy atom. The molecule has 0 aliphatic heterocycles. The molecular formula is C14H18N2OS. The van der Waals surface area contributed by atoms with Crippen LogP contribution in [0, 0.1) is 0 Å². The molecule has 0 bridgehead atoms. The highest BCUT2D eigenvalue weighted by Crippen LogP contribution is 2.19. The maximum Gasteiger partial charge on any atom is 0.0728 e. The zero-order valence-corrected chi connectivity index (χ0v) is 11.3. The lowest BCUT2D eigenvalue weighted by atomic mass is 10.3. The Bertz CT molecular complexity index is 470. The lowest BCUT2D eigenvalue weighted by Gasteiger charge is -2.07. The van der Waals surface area contributed by atoms with Gasteiger partial charge in [-0.3, -0.25) is 0 Å². The predicted octanol–water partition coefficient (Wildman–Crippen LogP) is 2.88. The van der Waals surface area contributed by atoms with Crippen molar-refractivity contribution in [2.75, 3.05) is 6.61 Å². The Labute approximate surface area is 112 Å². The number of rotatable bonds is 6. The summed E-state index contributed by atoms with van der Waals surface area (Å²) in [6.07, 6.45) is 2.83. The van der Waals surface area contributed by atoms with Gasteiger partial charge in [-0.2, -0.15) is 16.9 Å². The molecule has 1 unspecified atom stereocenters. The second kappa shape index (κ2) is 6.61. The first kappa shape index (κ1) is 13.2. The molecule has 4 heteroatoms. The van der Waals surface area contributed by atoms with Gasteiger partial charge in [-0.15, -0.1) is 0 Å². The summed E-state index contributed by atoms with van der Waals surface area (Å²) < 4.78 is 1.90. The van der Waals surface area contributed by atoms with Crippen LogP contribution in [-0.4, -0.2) is 26.7 Å². The molecule has 0 aliphatic rings. The molecule has 1 aromatic carbocycles. The Hall–Kier alpha value is -1.26. The molecule has 96 valence electrons. The molecule has 1 heterocycles. The van der Waals surface area contributed by atoms with Crippen LogP contribution in [0.1, 0.15) is 19.0 Å². The lowest BCUT2D eigenvalue weighted by Crippen LogP contribution is -2.00. The van der Waals surface area contributed by atoms with E-state index in [-0.39, 0.29) is 6.61 Å². The Morgan fingerprint density at radius 3 is 2.78 bits per heavy atom. The summed E-state index contributed by atoms with van der Waals surface area (Å²) in [6, 6.07) is 12.1. The third kappa shape index (κ3) is 3.62. The zero-order valence-electron chi connectivity index (χ0n) is 10.5. The highest BCUT2D eigenvalue weighted by atomic mass is 32.2. The highest BCUT2D eigenvalue weighted by molar-refractivity contribution is 7.99. The van der Waals surface area contributed by atoms with Gasteiger partial charge in [0.25, 0.3) is 0 Å².